The number of nitrogens with one attached hydrogen (secondary N) is 1. The van der Waals surface area contributed by atoms with Crippen LogP contribution in [0.25, 0.3) is 0 Å². The molecule has 0 bridgehead atoms. The van der Waals surface area contributed by atoms with Crippen LogP contribution in [0.5, 0.6) is 0 Å². The summed E-state index contributed by atoms with van der Waals surface area (Å²) in [4.78, 5) is 44.0. The molecule has 2 aliphatic rings. The van der Waals surface area contributed by atoms with Crippen LogP contribution in [0.4, 0.5) is 4.79 Å². The number of guanidine groups is 1. The van der Waals surface area contributed by atoms with Crippen molar-refractivity contribution in [2.45, 2.75) is 90.8 Å². The summed E-state index contributed by atoms with van der Waals surface area (Å²) < 4.78 is 15.8. The minimum absolute atomic E-state index is 0.0745. The highest BCUT2D eigenvalue weighted by molar-refractivity contribution is 6.04. The van der Waals surface area contributed by atoms with Crippen molar-refractivity contribution in [3.8, 4) is 0 Å². The Kier molecular flexibility index (Phi) is 8.67. The summed E-state index contributed by atoms with van der Waals surface area (Å²) in [6.07, 6.45) is 2.08. The zero-order chi connectivity index (χ0) is 24.1. The minimum Gasteiger partial charge on any atom is -0.466 e. The number of hydrogen-bond donors (Lipinski definition) is 1. The number of ether oxygens (including phenoxy) is 3. The van der Waals surface area contributed by atoms with Gasteiger partial charge in [-0.1, -0.05) is 13.8 Å². The SMILES string of the molecule is CCOC(=O)[C@H]1C[C@@H]1C(CCOC)N1C(=O)CC(CC)(CC)NC1=NC(=O)OC(C)(C)C. The summed E-state index contributed by atoms with van der Waals surface area (Å²) >= 11 is 0. The first-order chi connectivity index (χ1) is 15.0. The lowest BCUT2D eigenvalue weighted by atomic mass is 9.86. The Morgan fingerprint density at radius 2 is 1.91 bits per heavy atom. The van der Waals surface area contributed by atoms with Crippen molar-refractivity contribution < 1.29 is 28.6 Å². The van der Waals surface area contributed by atoms with E-state index in [4.69, 9.17) is 14.2 Å². The molecule has 3 atom stereocenters. The molecule has 0 aromatic heterocycles. The third-order valence-corrected chi connectivity index (χ3v) is 6.18. The number of nitrogens with zero attached hydrogens (tertiary/aromatic N) is 2. The Morgan fingerprint density at radius 3 is 2.44 bits per heavy atom. The van der Waals surface area contributed by atoms with Gasteiger partial charge in [-0.25, -0.2) is 4.79 Å². The van der Waals surface area contributed by atoms with Crippen molar-refractivity contribution in [2.75, 3.05) is 20.3 Å². The average molecular weight is 454 g/mol. The number of methoxy groups -OCH3 is 1. The van der Waals surface area contributed by atoms with Gasteiger partial charge in [0.15, 0.2) is 0 Å². The number of amides is 2. The highest BCUT2D eigenvalue weighted by atomic mass is 16.6. The van der Waals surface area contributed by atoms with Gasteiger partial charge in [-0.15, -0.1) is 4.99 Å². The number of hydrogen-bond acceptors (Lipinski definition) is 6. The normalized spacial score (nSPS) is 24.7. The van der Waals surface area contributed by atoms with Gasteiger partial charge in [-0.3, -0.25) is 14.5 Å². The number of aliphatic imine (C=N–C) groups is 1. The predicted octanol–water partition coefficient (Wildman–Crippen LogP) is 3.26. The molecule has 1 aliphatic heterocycles. The lowest BCUT2D eigenvalue weighted by molar-refractivity contribution is -0.145. The molecule has 0 radical (unpaired) electrons. The Hall–Kier alpha value is -2.16. The molecule has 32 heavy (non-hydrogen) atoms. The molecule has 2 rings (SSSR count). The maximum absolute atomic E-state index is 13.4. The predicted molar refractivity (Wildman–Crippen MR) is 120 cm³/mol. The third-order valence-electron chi connectivity index (χ3n) is 6.18. The van der Waals surface area contributed by atoms with E-state index in [9.17, 15) is 14.4 Å². The summed E-state index contributed by atoms with van der Waals surface area (Å²) in [7, 11) is 1.60. The summed E-state index contributed by atoms with van der Waals surface area (Å²) in [5.74, 6) is -0.523. The van der Waals surface area contributed by atoms with Gasteiger partial charge >= 0.3 is 12.1 Å². The Morgan fingerprint density at radius 1 is 1.25 bits per heavy atom. The van der Waals surface area contributed by atoms with E-state index in [1.807, 2.05) is 13.8 Å². The minimum atomic E-state index is -0.760. The second-order valence-electron chi connectivity index (χ2n) is 9.58. The van der Waals surface area contributed by atoms with Crippen molar-refractivity contribution in [1.29, 1.82) is 0 Å². The molecule has 2 amide bonds. The molecule has 9 heteroatoms. The van der Waals surface area contributed by atoms with Crippen LogP contribution in [0.1, 0.15) is 73.6 Å². The smallest absolute Gasteiger partial charge is 0.437 e. The molecule has 0 aromatic carbocycles. The molecule has 1 heterocycles. The van der Waals surface area contributed by atoms with Gasteiger partial charge in [-0.2, -0.15) is 0 Å². The van der Waals surface area contributed by atoms with Crippen LogP contribution < -0.4 is 5.32 Å². The molecule has 1 saturated carbocycles. The van der Waals surface area contributed by atoms with E-state index in [1.165, 1.54) is 0 Å². The monoisotopic (exact) mass is 453 g/mol. The van der Waals surface area contributed by atoms with E-state index in [-0.39, 0.29) is 42.1 Å². The molecule has 1 aliphatic carbocycles. The van der Waals surface area contributed by atoms with Gasteiger partial charge in [0.1, 0.15) is 5.60 Å². The molecule has 0 aromatic rings. The van der Waals surface area contributed by atoms with Crippen molar-refractivity contribution in [2.24, 2.45) is 16.8 Å². The van der Waals surface area contributed by atoms with Gasteiger partial charge in [-0.05, 0) is 59.3 Å². The van der Waals surface area contributed by atoms with E-state index in [2.05, 4.69) is 10.3 Å². The molecule has 1 unspecified atom stereocenters. The molecule has 9 nitrogen and oxygen atoms in total. The van der Waals surface area contributed by atoms with Crippen LogP contribution >= 0.6 is 0 Å². The first-order valence-electron chi connectivity index (χ1n) is 11.6. The lowest BCUT2D eigenvalue weighted by Gasteiger charge is -2.45. The van der Waals surface area contributed by atoms with E-state index in [0.29, 0.717) is 38.9 Å². The third kappa shape index (κ3) is 6.43. The van der Waals surface area contributed by atoms with Crippen LogP contribution in [-0.2, 0) is 23.8 Å². The topological polar surface area (TPSA) is 107 Å². The van der Waals surface area contributed by atoms with Crippen molar-refractivity contribution in [1.82, 2.24) is 10.2 Å². The van der Waals surface area contributed by atoms with Crippen LogP contribution in [0.3, 0.4) is 0 Å². The second kappa shape index (κ2) is 10.6. The van der Waals surface area contributed by atoms with Gasteiger partial charge in [0.25, 0.3) is 0 Å². The van der Waals surface area contributed by atoms with Crippen LogP contribution in [-0.4, -0.2) is 66.3 Å². The van der Waals surface area contributed by atoms with Crippen LogP contribution in [0.2, 0.25) is 0 Å². The van der Waals surface area contributed by atoms with Crippen molar-refractivity contribution in [3.63, 3.8) is 0 Å². The summed E-state index contributed by atoms with van der Waals surface area (Å²) in [5, 5.41) is 3.37. The maximum atomic E-state index is 13.4. The highest BCUT2D eigenvalue weighted by Gasteiger charge is 2.54. The zero-order valence-electron chi connectivity index (χ0n) is 20.5. The molecule has 2 fully saturated rings. The fourth-order valence-corrected chi connectivity index (χ4v) is 4.24. The Balaban J connectivity index is 2.40. The lowest BCUT2D eigenvalue weighted by Crippen LogP contribution is -2.65. The van der Waals surface area contributed by atoms with E-state index >= 15 is 0 Å². The standard InChI is InChI=1S/C23H39N3O6/c1-8-23(9-2)14-18(27)26(20(25-23)24-21(29)32-22(4,5)6)17(11-12-30-7)15-13-16(15)19(28)31-10-3/h15-17H,8-14H2,1-7H3,(H,24,25,29)/t15-,16-,17?/m0/s1. The van der Waals surface area contributed by atoms with Crippen LogP contribution in [0.15, 0.2) is 4.99 Å². The summed E-state index contributed by atoms with van der Waals surface area (Å²) in [5.41, 5.74) is -1.19. The van der Waals surface area contributed by atoms with Crippen molar-refractivity contribution >= 4 is 23.9 Å². The fourth-order valence-electron chi connectivity index (χ4n) is 4.24. The zero-order valence-corrected chi connectivity index (χ0v) is 20.5. The first kappa shape index (κ1) is 26.1. The van der Waals surface area contributed by atoms with Crippen LogP contribution in [0, 0.1) is 11.8 Å². The Bertz CT molecular complexity index is 726. The first-order valence-corrected chi connectivity index (χ1v) is 11.6. The van der Waals surface area contributed by atoms with Crippen molar-refractivity contribution in [3.05, 3.63) is 0 Å². The van der Waals surface area contributed by atoms with E-state index in [1.54, 1.807) is 39.7 Å². The number of carbonyl (C=O) groups is 3. The fraction of sp³-hybridized carbons (Fsp3) is 0.826. The summed E-state index contributed by atoms with van der Waals surface area (Å²) in [6.45, 7) is 11.8. The maximum Gasteiger partial charge on any atom is 0.437 e. The number of carbonyl (C=O) groups excluding carboxylic acids is 3. The second-order valence-corrected chi connectivity index (χ2v) is 9.58. The van der Waals surface area contributed by atoms with Gasteiger partial charge in [0.2, 0.25) is 11.9 Å². The van der Waals surface area contributed by atoms with Gasteiger partial charge < -0.3 is 19.5 Å². The van der Waals surface area contributed by atoms with E-state index < -0.39 is 17.2 Å². The largest absolute Gasteiger partial charge is 0.466 e. The molecule has 1 N–H and O–H groups in total. The highest BCUT2D eigenvalue weighted by Crippen LogP contribution is 2.46. The quantitative estimate of drug-likeness (QED) is 0.534. The molecule has 1 saturated heterocycles. The van der Waals surface area contributed by atoms with E-state index in [0.717, 1.165) is 0 Å². The van der Waals surface area contributed by atoms with Gasteiger partial charge in [0, 0.05) is 25.3 Å². The van der Waals surface area contributed by atoms with Gasteiger partial charge in [0.05, 0.1) is 18.9 Å². The molecular weight excluding hydrogens is 414 g/mol. The average Bonchev–Trinajstić information content (AvgIpc) is 3.49. The molecule has 0 spiro atoms. The molecule has 182 valence electrons. The Labute approximate surface area is 191 Å². The number of rotatable bonds is 9. The molecular formula is C23H39N3O6. The summed E-state index contributed by atoms with van der Waals surface area (Å²) in [6, 6.07) is -0.336. The number of esters is 1.